The van der Waals surface area contributed by atoms with Crippen LogP contribution in [0.4, 0.5) is 0 Å². The van der Waals surface area contributed by atoms with E-state index in [2.05, 4.69) is 43.2 Å². The van der Waals surface area contributed by atoms with E-state index in [1.165, 1.54) is 30.4 Å². The Kier molecular flexibility index (Phi) is 4.11. The van der Waals surface area contributed by atoms with Gasteiger partial charge in [0.2, 0.25) is 0 Å². The molecule has 1 heterocycles. The summed E-state index contributed by atoms with van der Waals surface area (Å²) in [6.07, 6.45) is 7.72. The highest BCUT2D eigenvalue weighted by atomic mass is 16.3. The van der Waals surface area contributed by atoms with Gasteiger partial charge in [-0.1, -0.05) is 24.3 Å². The monoisotopic (exact) mass is 284 g/mol. The van der Waals surface area contributed by atoms with Gasteiger partial charge in [-0.15, -0.1) is 0 Å². The quantitative estimate of drug-likeness (QED) is 0.921. The molecule has 0 bridgehead atoms. The van der Waals surface area contributed by atoms with Crippen molar-refractivity contribution in [1.82, 2.24) is 9.78 Å². The minimum atomic E-state index is -0.423. The molecule has 3 rings (SSSR count). The molecular formula is C18H24N2O. The van der Waals surface area contributed by atoms with Gasteiger partial charge in [-0.3, -0.25) is 4.68 Å². The van der Waals surface area contributed by atoms with Crippen molar-refractivity contribution < 1.29 is 5.11 Å². The normalized spacial score (nSPS) is 19.5. The summed E-state index contributed by atoms with van der Waals surface area (Å²) in [5.41, 5.74) is 3.82. The number of aliphatic hydroxyl groups is 1. The highest BCUT2D eigenvalue weighted by molar-refractivity contribution is 5.33. The maximum absolute atomic E-state index is 10.5. The number of hydrogen-bond donors (Lipinski definition) is 1. The molecule has 2 aromatic rings. The van der Waals surface area contributed by atoms with Gasteiger partial charge in [-0.2, -0.15) is 5.10 Å². The molecule has 2 unspecified atom stereocenters. The predicted molar refractivity (Wildman–Crippen MR) is 84.3 cm³/mol. The molecule has 1 aliphatic carbocycles. The molecule has 0 fully saturated rings. The first-order chi connectivity index (χ1) is 10.1. The number of fused-ring (bicyclic) bond motifs is 1. The molecule has 3 nitrogen and oxygen atoms in total. The molecule has 0 aliphatic heterocycles. The second-order valence-electron chi connectivity index (χ2n) is 6.39. The summed E-state index contributed by atoms with van der Waals surface area (Å²) in [4.78, 5) is 0. The van der Waals surface area contributed by atoms with Crippen LogP contribution in [-0.4, -0.2) is 14.9 Å². The summed E-state index contributed by atoms with van der Waals surface area (Å²) in [6.45, 7) is 4.20. The van der Waals surface area contributed by atoms with Gasteiger partial charge in [-0.05, 0) is 56.6 Å². The molecule has 0 spiro atoms. The van der Waals surface area contributed by atoms with Crippen LogP contribution in [0.2, 0.25) is 0 Å². The molecule has 1 aromatic heterocycles. The van der Waals surface area contributed by atoms with Gasteiger partial charge < -0.3 is 5.11 Å². The van der Waals surface area contributed by atoms with Crippen molar-refractivity contribution in [2.45, 2.75) is 57.6 Å². The van der Waals surface area contributed by atoms with E-state index in [4.69, 9.17) is 0 Å². The van der Waals surface area contributed by atoms with Crippen molar-refractivity contribution in [3.05, 3.63) is 53.3 Å². The SMILES string of the molecule is CC(C)n1cc(C(O)CC2CCCc3ccccc32)cn1. The molecule has 21 heavy (non-hydrogen) atoms. The molecule has 2 atom stereocenters. The van der Waals surface area contributed by atoms with Crippen molar-refractivity contribution in [2.75, 3.05) is 0 Å². The smallest absolute Gasteiger partial charge is 0.0826 e. The topological polar surface area (TPSA) is 38.0 Å². The lowest BCUT2D eigenvalue weighted by Crippen LogP contribution is -2.13. The Morgan fingerprint density at radius 2 is 2.14 bits per heavy atom. The number of aromatic nitrogens is 2. The molecule has 0 saturated carbocycles. The zero-order valence-electron chi connectivity index (χ0n) is 12.9. The van der Waals surface area contributed by atoms with E-state index in [0.717, 1.165) is 12.0 Å². The zero-order chi connectivity index (χ0) is 14.8. The fraction of sp³-hybridized carbons (Fsp3) is 0.500. The largest absolute Gasteiger partial charge is 0.388 e. The van der Waals surface area contributed by atoms with Gasteiger partial charge in [0.05, 0.1) is 12.3 Å². The summed E-state index contributed by atoms with van der Waals surface area (Å²) in [6, 6.07) is 9.01. The van der Waals surface area contributed by atoms with E-state index < -0.39 is 6.10 Å². The maximum Gasteiger partial charge on any atom is 0.0826 e. The maximum atomic E-state index is 10.5. The number of rotatable bonds is 4. The van der Waals surface area contributed by atoms with E-state index in [9.17, 15) is 5.11 Å². The standard InChI is InChI=1S/C18H24N2O/c1-13(2)20-12-16(11-19-20)18(21)10-15-8-5-7-14-6-3-4-9-17(14)15/h3-4,6,9,11-13,15,18,21H,5,7-8,10H2,1-2H3. The Hall–Kier alpha value is -1.61. The summed E-state index contributed by atoms with van der Waals surface area (Å²) in [7, 11) is 0. The van der Waals surface area contributed by atoms with Crippen LogP contribution in [0.25, 0.3) is 0 Å². The number of aryl methyl sites for hydroxylation is 1. The van der Waals surface area contributed by atoms with Crippen LogP contribution >= 0.6 is 0 Å². The van der Waals surface area contributed by atoms with Crippen LogP contribution < -0.4 is 0 Å². The predicted octanol–water partition coefficient (Wildman–Crippen LogP) is 4.01. The van der Waals surface area contributed by atoms with Crippen molar-refractivity contribution >= 4 is 0 Å². The summed E-state index contributed by atoms with van der Waals surface area (Å²) < 4.78 is 1.91. The third-order valence-corrected chi connectivity index (χ3v) is 4.54. The van der Waals surface area contributed by atoms with Crippen molar-refractivity contribution in [3.8, 4) is 0 Å². The Labute approximate surface area is 126 Å². The third-order valence-electron chi connectivity index (χ3n) is 4.54. The van der Waals surface area contributed by atoms with Crippen LogP contribution in [0.5, 0.6) is 0 Å². The van der Waals surface area contributed by atoms with Crippen LogP contribution in [0.1, 0.15) is 67.9 Å². The van der Waals surface area contributed by atoms with Crippen LogP contribution in [0, 0.1) is 0 Å². The molecule has 1 N–H and O–H groups in total. The van der Waals surface area contributed by atoms with E-state index in [1.807, 2.05) is 10.9 Å². The summed E-state index contributed by atoms with van der Waals surface area (Å²) >= 11 is 0. The lowest BCUT2D eigenvalue weighted by molar-refractivity contribution is 0.154. The molecule has 0 amide bonds. The highest BCUT2D eigenvalue weighted by Crippen LogP contribution is 2.37. The average molecular weight is 284 g/mol. The first kappa shape index (κ1) is 14.3. The molecule has 1 aromatic carbocycles. The van der Waals surface area contributed by atoms with Crippen LogP contribution in [0.15, 0.2) is 36.7 Å². The molecule has 3 heteroatoms. The molecule has 0 radical (unpaired) electrons. The van der Waals surface area contributed by atoms with Gasteiger partial charge in [0, 0.05) is 17.8 Å². The number of hydrogen-bond acceptors (Lipinski definition) is 2. The van der Waals surface area contributed by atoms with Gasteiger partial charge >= 0.3 is 0 Å². The van der Waals surface area contributed by atoms with Gasteiger partial charge in [-0.25, -0.2) is 0 Å². The second-order valence-corrected chi connectivity index (χ2v) is 6.39. The minimum Gasteiger partial charge on any atom is -0.388 e. The Morgan fingerprint density at radius 1 is 1.33 bits per heavy atom. The fourth-order valence-electron chi connectivity index (χ4n) is 3.31. The van der Waals surface area contributed by atoms with Crippen LogP contribution in [-0.2, 0) is 6.42 Å². The zero-order valence-corrected chi connectivity index (χ0v) is 12.9. The summed E-state index contributed by atoms with van der Waals surface area (Å²) in [5, 5.41) is 14.9. The first-order valence-corrected chi connectivity index (χ1v) is 7.95. The third kappa shape index (κ3) is 3.03. The van der Waals surface area contributed by atoms with Gasteiger partial charge in [0.1, 0.15) is 0 Å². The second kappa shape index (κ2) is 6.02. The van der Waals surface area contributed by atoms with Gasteiger partial charge in [0.15, 0.2) is 0 Å². The Balaban J connectivity index is 1.74. The Morgan fingerprint density at radius 3 is 2.90 bits per heavy atom. The molecular weight excluding hydrogens is 260 g/mol. The van der Waals surface area contributed by atoms with E-state index in [-0.39, 0.29) is 0 Å². The van der Waals surface area contributed by atoms with E-state index in [0.29, 0.717) is 12.0 Å². The average Bonchev–Trinajstić information content (AvgIpc) is 2.98. The number of benzene rings is 1. The van der Waals surface area contributed by atoms with Crippen LogP contribution in [0.3, 0.4) is 0 Å². The minimum absolute atomic E-state index is 0.335. The van der Waals surface area contributed by atoms with Gasteiger partial charge in [0.25, 0.3) is 0 Å². The Bertz CT molecular complexity index is 603. The molecule has 1 aliphatic rings. The van der Waals surface area contributed by atoms with E-state index in [1.54, 1.807) is 6.20 Å². The van der Waals surface area contributed by atoms with E-state index >= 15 is 0 Å². The lowest BCUT2D eigenvalue weighted by atomic mass is 9.79. The van der Waals surface area contributed by atoms with Crippen molar-refractivity contribution in [1.29, 1.82) is 0 Å². The molecule has 112 valence electrons. The number of nitrogens with zero attached hydrogens (tertiary/aromatic N) is 2. The summed E-state index contributed by atoms with van der Waals surface area (Å²) in [5.74, 6) is 0.465. The van der Waals surface area contributed by atoms with Crippen molar-refractivity contribution in [2.24, 2.45) is 0 Å². The fourth-order valence-corrected chi connectivity index (χ4v) is 3.31. The number of aliphatic hydroxyl groups excluding tert-OH is 1. The molecule has 0 saturated heterocycles. The van der Waals surface area contributed by atoms with Crippen molar-refractivity contribution in [3.63, 3.8) is 0 Å². The first-order valence-electron chi connectivity index (χ1n) is 7.95. The highest BCUT2D eigenvalue weighted by Gasteiger charge is 2.23. The lowest BCUT2D eigenvalue weighted by Gasteiger charge is -2.27.